The molecule has 1 aliphatic heterocycles. The first-order valence-electron chi connectivity index (χ1n) is 28.5. The summed E-state index contributed by atoms with van der Waals surface area (Å²) in [5, 5.41) is 2.62. The van der Waals surface area contributed by atoms with Gasteiger partial charge in [0.25, 0.3) is 0 Å². The molecule has 0 atom stereocenters. The van der Waals surface area contributed by atoms with E-state index < -0.39 is 18.4 Å². The molecule has 1 nitrogen and oxygen atoms in total. The lowest BCUT2D eigenvalue weighted by molar-refractivity contribution is 0.982. The Labute approximate surface area is 443 Å². The molecule has 6 heteroatoms. The molecule has 0 saturated heterocycles. The maximum absolute atomic E-state index is 3.55. The van der Waals surface area contributed by atoms with Crippen LogP contribution in [0.3, 0.4) is 0 Å². The fourth-order valence-corrected chi connectivity index (χ4v) is 11.8. The Balaban J connectivity index is 0.000000151. The SMILES string of the molecule is CCC[B-](C)(C)CCC.C[B-](C)(C)C.C[B-](C)(c1ccc2c(c1)-c1ccccc1C2)c1ccc2[nH]c3ccccc3c2c1.C[B-](C)(c1ccccc1)c1ccccc1.C[B-]1(C)c2ccccc2-c2ccccc21. The van der Waals surface area contributed by atoms with Crippen LogP contribution in [-0.4, -0.2) is 35.7 Å². The van der Waals surface area contributed by atoms with E-state index in [1.54, 1.807) is 0 Å². The Bertz CT molecular complexity index is 3120. The van der Waals surface area contributed by atoms with Crippen LogP contribution < -0.4 is 32.8 Å². The van der Waals surface area contributed by atoms with Crippen LogP contribution in [0, 0.1) is 0 Å². The zero-order chi connectivity index (χ0) is 52.6. The van der Waals surface area contributed by atoms with Gasteiger partial charge in [0.05, 0.1) is 6.15 Å². The van der Waals surface area contributed by atoms with Crippen molar-refractivity contribution in [2.75, 3.05) is 0 Å². The molecule has 0 saturated carbocycles. The van der Waals surface area contributed by atoms with E-state index in [-0.39, 0.29) is 12.3 Å². The first kappa shape index (κ1) is 54.7. The highest BCUT2D eigenvalue weighted by Gasteiger charge is 2.28. The quantitative estimate of drug-likeness (QED) is 0.146. The van der Waals surface area contributed by atoms with E-state index in [1.807, 2.05) is 0 Å². The largest absolute Gasteiger partial charge is 0.355 e. The molecule has 1 N–H and O–H groups in total. The second kappa shape index (κ2) is 23.0. The number of aromatic amines is 1. The summed E-state index contributed by atoms with van der Waals surface area (Å²) in [6, 6.07) is 70.5. The minimum Gasteiger partial charge on any atom is -0.355 e. The molecule has 0 unspecified atom stereocenters. The number of aromatic nitrogens is 1. The predicted octanol–water partition coefficient (Wildman–Crippen LogP) is 16.2. The monoisotopic (exact) mass is 959 g/mol. The van der Waals surface area contributed by atoms with Crippen molar-refractivity contribution in [1.82, 2.24) is 4.98 Å². The van der Waals surface area contributed by atoms with Gasteiger partial charge < -0.3 is 4.98 Å². The molecule has 1 aliphatic carbocycles. The van der Waals surface area contributed by atoms with Crippen molar-refractivity contribution in [3.05, 3.63) is 205 Å². The number of rotatable bonds is 8. The van der Waals surface area contributed by atoms with Crippen LogP contribution in [0.4, 0.5) is 0 Å². The molecule has 11 rings (SSSR count). The van der Waals surface area contributed by atoms with Gasteiger partial charge in [-0.1, -0.05) is 220 Å². The van der Waals surface area contributed by atoms with E-state index in [9.17, 15) is 0 Å². The number of H-pyrrole nitrogens is 1. The standard InChI is InChI=1S/C27H23BN.C14H14B.C14H16B.C8H20B.C4H12B/c1-28(2,20-12-11-19-15-18-7-3-4-8-22(18)24(19)16-20)21-13-14-27-25(17-21)23-9-5-6-10-26(23)29-27;1-15(2)13-9-5-3-7-11(13)12-8-4-6-10-14(12)15;1-15(2,13-9-5-3-6-10-13)14-11-7-4-8-12-14;1-5-7-9(3,4)8-6-2;1-5(2,3)4/h3-14,16-17,29H,15H2,1-2H3;3-10H,1-2H3;3-12H,1-2H3;5-8H2,1-4H3;1-4H3/q5*-1. The zero-order valence-electron chi connectivity index (χ0n) is 47.4. The van der Waals surface area contributed by atoms with Gasteiger partial charge in [0.15, 0.2) is 0 Å². The summed E-state index contributed by atoms with van der Waals surface area (Å²) in [7, 11) is 0. The van der Waals surface area contributed by atoms with E-state index in [0.717, 1.165) is 6.42 Å². The Kier molecular flexibility index (Phi) is 17.2. The van der Waals surface area contributed by atoms with Crippen molar-refractivity contribution in [2.24, 2.45) is 0 Å². The Morgan fingerprint density at radius 2 is 0.795 bits per heavy atom. The van der Waals surface area contributed by atoms with Crippen molar-refractivity contribution in [2.45, 2.75) is 128 Å². The van der Waals surface area contributed by atoms with E-state index in [2.05, 4.69) is 295 Å². The number of hydrogen-bond acceptors (Lipinski definition) is 0. The average molecular weight is 958 g/mol. The highest BCUT2D eigenvalue weighted by molar-refractivity contribution is 7.04. The molecule has 0 spiro atoms. The summed E-state index contributed by atoms with van der Waals surface area (Å²) in [4.78, 5) is 3.55. The summed E-state index contributed by atoms with van der Waals surface area (Å²) >= 11 is 0. The van der Waals surface area contributed by atoms with Gasteiger partial charge in [-0.25, -0.2) is 21.9 Å². The van der Waals surface area contributed by atoms with Gasteiger partial charge in [-0.15, -0.1) is 0 Å². The van der Waals surface area contributed by atoms with E-state index in [4.69, 9.17) is 0 Å². The van der Waals surface area contributed by atoms with Gasteiger partial charge in [-0.3, -0.25) is 0 Å². The average Bonchev–Trinajstić information content (AvgIpc) is 4.02. The van der Waals surface area contributed by atoms with Crippen LogP contribution >= 0.6 is 0 Å². The second-order valence-corrected chi connectivity index (χ2v) is 26.4. The van der Waals surface area contributed by atoms with Gasteiger partial charge in [-0.05, 0) is 53.1 Å². The van der Waals surface area contributed by atoms with Crippen molar-refractivity contribution < 1.29 is 0 Å². The van der Waals surface area contributed by atoms with Crippen molar-refractivity contribution >= 4 is 85.3 Å². The van der Waals surface area contributed by atoms with Crippen LogP contribution in [0.2, 0.25) is 94.5 Å². The van der Waals surface area contributed by atoms with E-state index in [1.165, 1.54) is 113 Å². The number of fused-ring (bicyclic) bond motifs is 9. The smallest absolute Gasteiger partial charge is 0.0501 e. The molecule has 0 bridgehead atoms. The summed E-state index contributed by atoms with van der Waals surface area (Å²) < 4.78 is 0. The molecular formula is C67H85B5N-5. The minimum absolute atomic E-state index is 0. The predicted molar refractivity (Wildman–Crippen MR) is 342 cm³/mol. The van der Waals surface area contributed by atoms with Crippen LogP contribution in [0.5, 0.6) is 0 Å². The molecule has 1 aromatic heterocycles. The van der Waals surface area contributed by atoms with Gasteiger partial charge in [0.2, 0.25) is 0 Å². The normalized spacial score (nSPS) is 13.1. The molecule has 2 aliphatic rings. The van der Waals surface area contributed by atoms with Crippen molar-refractivity contribution in [1.29, 1.82) is 0 Å². The van der Waals surface area contributed by atoms with Crippen LogP contribution in [0.15, 0.2) is 194 Å². The Hall–Kier alpha value is -6.12. The number of benzene rings is 8. The third-order valence-electron chi connectivity index (χ3n) is 16.2. The lowest BCUT2D eigenvalue weighted by Gasteiger charge is -2.33. The second-order valence-electron chi connectivity index (χ2n) is 26.4. The lowest BCUT2D eigenvalue weighted by Crippen LogP contribution is -2.52. The number of para-hydroxylation sites is 1. The maximum atomic E-state index is 3.55. The van der Waals surface area contributed by atoms with E-state index >= 15 is 0 Å². The third kappa shape index (κ3) is 13.0. The van der Waals surface area contributed by atoms with Gasteiger partial charge in [0.1, 0.15) is 0 Å². The molecule has 0 radical (unpaired) electrons. The molecule has 378 valence electrons. The number of hydrogen-bond donors (Lipinski definition) is 1. The van der Waals surface area contributed by atoms with E-state index in [0.29, 0.717) is 0 Å². The zero-order valence-corrected chi connectivity index (χ0v) is 47.4. The molecule has 73 heavy (non-hydrogen) atoms. The Morgan fingerprint density at radius 1 is 0.384 bits per heavy atom. The molecule has 0 fully saturated rings. The van der Waals surface area contributed by atoms with Crippen LogP contribution in [0.25, 0.3) is 44.1 Å². The summed E-state index contributed by atoms with van der Waals surface area (Å²) in [6.07, 6.45) is 4.66. The fraction of sp³-hybridized carbons (Fsp3) is 0.284. The molecular weight excluding hydrogens is 873 g/mol. The highest BCUT2D eigenvalue weighted by Crippen LogP contribution is 2.36. The van der Waals surface area contributed by atoms with Crippen molar-refractivity contribution in [3.63, 3.8) is 0 Å². The third-order valence-corrected chi connectivity index (χ3v) is 16.2. The van der Waals surface area contributed by atoms with Crippen LogP contribution in [-0.2, 0) is 6.42 Å². The summed E-state index contributed by atoms with van der Waals surface area (Å²) in [5.41, 5.74) is 19.7. The Morgan fingerprint density at radius 3 is 1.34 bits per heavy atom. The number of nitrogens with one attached hydrogen (secondary N) is 1. The fourth-order valence-electron chi connectivity index (χ4n) is 11.8. The molecule has 9 aromatic rings. The first-order chi connectivity index (χ1) is 34.7. The highest BCUT2D eigenvalue weighted by atomic mass is 14.7. The first-order valence-corrected chi connectivity index (χ1v) is 28.5. The van der Waals surface area contributed by atoms with Crippen LogP contribution in [0.1, 0.15) is 37.8 Å². The molecule has 0 amide bonds. The maximum Gasteiger partial charge on any atom is 0.0501 e. The topological polar surface area (TPSA) is 15.8 Å². The summed E-state index contributed by atoms with van der Waals surface area (Å²) in [6.45, 7) is 32.6. The summed E-state index contributed by atoms with van der Waals surface area (Å²) in [5.74, 6) is 0. The van der Waals surface area contributed by atoms with Gasteiger partial charge in [0, 0.05) is 34.1 Å². The van der Waals surface area contributed by atoms with Gasteiger partial charge >= 0.3 is 0 Å². The van der Waals surface area contributed by atoms with Gasteiger partial charge in [-0.2, -0.15) is 105 Å². The molecule has 8 aromatic carbocycles. The molecule has 2 heterocycles. The minimum atomic E-state index is -0.854. The lowest BCUT2D eigenvalue weighted by atomic mass is 9.21. The van der Waals surface area contributed by atoms with Crippen molar-refractivity contribution in [3.8, 4) is 22.3 Å².